The first-order valence-corrected chi connectivity index (χ1v) is 11.3. The number of benzene rings is 3. The van der Waals surface area contributed by atoms with Crippen molar-refractivity contribution in [3.05, 3.63) is 77.9 Å². The molecule has 1 amide bonds. The SMILES string of the molecule is CC(=O)Nc1ccc(Sc2ccc(NS(=O)(=O)c3ccc(C)cc3)cc2C)cc1. The Hall–Kier alpha value is -2.77. The average Bonchev–Trinajstić information content (AvgIpc) is 2.65. The van der Waals surface area contributed by atoms with Crippen molar-refractivity contribution in [1.29, 1.82) is 0 Å². The second-order valence-corrected chi connectivity index (χ2v) is 9.50. The zero-order valence-electron chi connectivity index (χ0n) is 16.4. The molecule has 3 rings (SSSR count). The summed E-state index contributed by atoms with van der Waals surface area (Å²) in [4.78, 5) is 13.4. The van der Waals surface area contributed by atoms with Crippen molar-refractivity contribution >= 4 is 39.1 Å². The lowest BCUT2D eigenvalue weighted by Crippen LogP contribution is -2.13. The average molecular weight is 427 g/mol. The monoisotopic (exact) mass is 426 g/mol. The van der Waals surface area contributed by atoms with Gasteiger partial charge in [0.15, 0.2) is 0 Å². The number of sulfonamides is 1. The molecule has 0 aliphatic rings. The van der Waals surface area contributed by atoms with Crippen LogP contribution in [0.3, 0.4) is 0 Å². The largest absolute Gasteiger partial charge is 0.326 e. The number of anilines is 2. The molecule has 0 aliphatic heterocycles. The zero-order chi connectivity index (χ0) is 21.0. The molecule has 3 aromatic rings. The second-order valence-electron chi connectivity index (χ2n) is 6.71. The number of hydrogen-bond acceptors (Lipinski definition) is 4. The van der Waals surface area contributed by atoms with Crippen molar-refractivity contribution in [1.82, 2.24) is 0 Å². The highest BCUT2D eigenvalue weighted by Crippen LogP contribution is 2.32. The van der Waals surface area contributed by atoms with Gasteiger partial charge >= 0.3 is 0 Å². The fraction of sp³-hybridized carbons (Fsp3) is 0.136. The number of nitrogens with one attached hydrogen (secondary N) is 2. The molecule has 0 saturated carbocycles. The summed E-state index contributed by atoms with van der Waals surface area (Å²) in [5, 5.41) is 2.74. The van der Waals surface area contributed by atoms with Crippen molar-refractivity contribution in [2.45, 2.75) is 35.5 Å². The summed E-state index contributed by atoms with van der Waals surface area (Å²) in [7, 11) is -3.62. The van der Waals surface area contributed by atoms with E-state index >= 15 is 0 Å². The minimum absolute atomic E-state index is 0.107. The standard InChI is InChI=1S/C22H22N2O3S2/c1-15-4-11-21(12-5-15)29(26,27)24-19-8-13-22(16(2)14-19)28-20-9-6-18(7-10-20)23-17(3)25/h4-14,24H,1-3H3,(H,23,25). The molecule has 150 valence electrons. The first kappa shape index (κ1) is 21.0. The molecule has 29 heavy (non-hydrogen) atoms. The molecular formula is C22H22N2O3S2. The molecule has 7 heteroatoms. The fourth-order valence-electron chi connectivity index (χ4n) is 2.70. The van der Waals surface area contributed by atoms with Gasteiger partial charge in [0.2, 0.25) is 5.91 Å². The minimum Gasteiger partial charge on any atom is -0.326 e. The number of carbonyl (C=O) groups is 1. The van der Waals surface area contributed by atoms with E-state index in [2.05, 4.69) is 10.0 Å². The van der Waals surface area contributed by atoms with Crippen molar-refractivity contribution in [3.63, 3.8) is 0 Å². The van der Waals surface area contributed by atoms with Crippen LogP contribution >= 0.6 is 11.8 Å². The maximum absolute atomic E-state index is 12.6. The first-order chi connectivity index (χ1) is 13.7. The van der Waals surface area contributed by atoms with E-state index in [1.807, 2.05) is 50.2 Å². The number of rotatable bonds is 6. The summed E-state index contributed by atoms with van der Waals surface area (Å²) < 4.78 is 27.8. The summed E-state index contributed by atoms with van der Waals surface area (Å²) in [6.45, 7) is 5.33. The highest BCUT2D eigenvalue weighted by molar-refractivity contribution is 7.99. The summed E-state index contributed by atoms with van der Waals surface area (Å²) in [5.74, 6) is -0.107. The van der Waals surface area contributed by atoms with Crippen LogP contribution in [0.4, 0.5) is 11.4 Å². The number of aryl methyl sites for hydroxylation is 2. The van der Waals surface area contributed by atoms with Crippen LogP contribution in [0, 0.1) is 13.8 Å². The smallest absolute Gasteiger partial charge is 0.261 e. The van der Waals surface area contributed by atoms with Crippen LogP contribution < -0.4 is 10.0 Å². The predicted molar refractivity (Wildman–Crippen MR) is 118 cm³/mol. The van der Waals surface area contributed by atoms with E-state index in [4.69, 9.17) is 0 Å². The summed E-state index contributed by atoms with van der Waals surface area (Å²) in [6, 6.07) is 19.8. The van der Waals surface area contributed by atoms with E-state index in [9.17, 15) is 13.2 Å². The molecule has 0 saturated heterocycles. The van der Waals surface area contributed by atoms with Gasteiger partial charge in [0.1, 0.15) is 0 Å². The number of amides is 1. The molecule has 0 aromatic heterocycles. The van der Waals surface area contributed by atoms with Crippen molar-refractivity contribution < 1.29 is 13.2 Å². The van der Waals surface area contributed by atoms with Crippen molar-refractivity contribution in [2.75, 3.05) is 10.0 Å². The fourth-order valence-corrected chi connectivity index (χ4v) is 4.63. The molecule has 0 fully saturated rings. The Bertz CT molecular complexity index is 1120. The highest BCUT2D eigenvalue weighted by atomic mass is 32.2. The Morgan fingerprint density at radius 3 is 2.07 bits per heavy atom. The van der Waals surface area contributed by atoms with Gasteiger partial charge in [-0.3, -0.25) is 9.52 Å². The second kappa shape index (κ2) is 8.71. The third kappa shape index (κ3) is 5.62. The summed E-state index contributed by atoms with van der Waals surface area (Å²) >= 11 is 1.58. The predicted octanol–water partition coefficient (Wildman–Crippen LogP) is 5.21. The molecular weight excluding hydrogens is 404 g/mol. The van der Waals surface area contributed by atoms with Crippen LogP contribution in [0.5, 0.6) is 0 Å². The third-order valence-electron chi connectivity index (χ3n) is 4.16. The molecule has 3 aromatic carbocycles. The topological polar surface area (TPSA) is 75.3 Å². The van der Waals surface area contributed by atoms with E-state index in [-0.39, 0.29) is 10.8 Å². The molecule has 0 spiro atoms. The molecule has 5 nitrogen and oxygen atoms in total. The van der Waals surface area contributed by atoms with Crippen LogP contribution in [0.15, 0.2) is 81.4 Å². The van der Waals surface area contributed by atoms with Crippen LogP contribution in [0.1, 0.15) is 18.1 Å². The van der Waals surface area contributed by atoms with Gasteiger partial charge in [-0.05, 0) is 74.0 Å². The van der Waals surface area contributed by atoms with E-state index in [0.717, 1.165) is 26.6 Å². The van der Waals surface area contributed by atoms with Crippen LogP contribution in [-0.4, -0.2) is 14.3 Å². The van der Waals surface area contributed by atoms with Gasteiger partial charge in [-0.1, -0.05) is 29.5 Å². The molecule has 0 bridgehead atoms. The Morgan fingerprint density at radius 1 is 0.862 bits per heavy atom. The van der Waals surface area contributed by atoms with Gasteiger partial charge in [0.25, 0.3) is 10.0 Å². The Kier molecular flexibility index (Phi) is 6.30. The Labute approximate surface area is 175 Å². The molecule has 0 unspecified atom stereocenters. The van der Waals surface area contributed by atoms with Gasteiger partial charge in [0.05, 0.1) is 4.90 Å². The molecule has 0 atom stereocenters. The summed E-state index contributed by atoms with van der Waals surface area (Å²) in [6.07, 6.45) is 0. The zero-order valence-corrected chi connectivity index (χ0v) is 18.0. The number of carbonyl (C=O) groups excluding carboxylic acids is 1. The lowest BCUT2D eigenvalue weighted by Gasteiger charge is -2.12. The molecule has 0 radical (unpaired) electrons. The number of hydrogen-bond donors (Lipinski definition) is 2. The van der Waals surface area contributed by atoms with Crippen LogP contribution in [0.2, 0.25) is 0 Å². The quantitative estimate of drug-likeness (QED) is 0.567. The van der Waals surface area contributed by atoms with Gasteiger partial charge < -0.3 is 5.32 Å². The maximum atomic E-state index is 12.6. The Morgan fingerprint density at radius 2 is 1.48 bits per heavy atom. The van der Waals surface area contributed by atoms with Crippen molar-refractivity contribution in [3.8, 4) is 0 Å². The molecule has 0 heterocycles. The van der Waals surface area contributed by atoms with Gasteiger partial charge in [-0.2, -0.15) is 0 Å². The van der Waals surface area contributed by atoms with E-state index in [1.165, 1.54) is 6.92 Å². The van der Waals surface area contributed by atoms with E-state index in [1.54, 1.807) is 42.1 Å². The highest BCUT2D eigenvalue weighted by Gasteiger charge is 2.14. The molecule has 0 aliphatic carbocycles. The van der Waals surface area contributed by atoms with Crippen LogP contribution in [0.25, 0.3) is 0 Å². The first-order valence-electron chi connectivity index (χ1n) is 8.98. The van der Waals surface area contributed by atoms with Gasteiger partial charge in [-0.15, -0.1) is 0 Å². The van der Waals surface area contributed by atoms with E-state index in [0.29, 0.717) is 5.69 Å². The van der Waals surface area contributed by atoms with Gasteiger partial charge in [0, 0.05) is 28.1 Å². The third-order valence-corrected chi connectivity index (χ3v) is 6.74. The normalized spacial score (nSPS) is 11.1. The van der Waals surface area contributed by atoms with Gasteiger partial charge in [-0.25, -0.2) is 8.42 Å². The maximum Gasteiger partial charge on any atom is 0.261 e. The van der Waals surface area contributed by atoms with Crippen LogP contribution in [-0.2, 0) is 14.8 Å². The molecule has 2 N–H and O–H groups in total. The minimum atomic E-state index is -3.62. The Balaban J connectivity index is 1.73. The lowest BCUT2D eigenvalue weighted by molar-refractivity contribution is -0.114. The van der Waals surface area contributed by atoms with Crippen molar-refractivity contribution in [2.24, 2.45) is 0 Å². The summed E-state index contributed by atoms with van der Waals surface area (Å²) in [5.41, 5.74) is 3.24. The lowest BCUT2D eigenvalue weighted by atomic mass is 10.2. The van der Waals surface area contributed by atoms with E-state index < -0.39 is 10.0 Å².